The number of Topliss-reactive ketones (excluding diaryl/α,β-unsaturated/α-hetero) is 1. The summed E-state index contributed by atoms with van der Waals surface area (Å²) < 4.78 is 21.4. The fourth-order valence-corrected chi connectivity index (χ4v) is 2.89. The standard InChI is InChI=1S/C22H18O6/c23-19(17-6-8-20-21(12-17)26-10-9-25-20)13-28-22(24)14-27-18-7-5-15-3-1-2-4-16(15)11-18/h1-8,11-12H,9-10,13-14H2. The summed E-state index contributed by atoms with van der Waals surface area (Å²) in [7, 11) is 0. The molecule has 1 aliphatic heterocycles. The molecule has 0 N–H and O–H groups in total. The van der Waals surface area contributed by atoms with Crippen molar-refractivity contribution in [1.82, 2.24) is 0 Å². The van der Waals surface area contributed by atoms with Gasteiger partial charge >= 0.3 is 5.97 Å². The monoisotopic (exact) mass is 378 g/mol. The molecule has 142 valence electrons. The van der Waals surface area contributed by atoms with E-state index in [0.29, 0.717) is 36.0 Å². The largest absolute Gasteiger partial charge is 0.486 e. The predicted octanol–water partition coefficient (Wildman–Crippen LogP) is 3.42. The molecule has 0 spiro atoms. The molecule has 0 saturated carbocycles. The van der Waals surface area contributed by atoms with Crippen molar-refractivity contribution in [3.05, 3.63) is 66.2 Å². The summed E-state index contributed by atoms with van der Waals surface area (Å²) in [4.78, 5) is 24.1. The van der Waals surface area contributed by atoms with Crippen LogP contribution in [0.2, 0.25) is 0 Å². The molecule has 6 nitrogen and oxygen atoms in total. The Labute approximate surface area is 161 Å². The second-order valence-electron chi connectivity index (χ2n) is 6.24. The Hall–Kier alpha value is -3.54. The van der Waals surface area contributed by atoms with Crippen molar-refractivity contribution >= 4 is 22.5 Å². The maximum atomic E-state index is 12.2. The van der Waals surface area contributed by atoms with Crippen LogP contribution in [0.3, 0.4) is 0 Å². The first-order valence-electron chi connectivity index (χ1n) is 8.89. The number of fused-ring (bicyclic) bond motifs is 2. The summed E-state index contributed by atoms with van der Waals surface area (Å²) in [5.41, 5.74) is 0.396. The summed E-state index contributed by atoms with van der Waals surface area (Å²) in [6.45, 7) is 0.285. The summed E-state index contributed by atoms with van der Waals surface area (Å²) in [5.74, 6) is 0.746. The summed E-state index contributed by atoms with van der Waals surface area (Å²) in [5, 5.41) is 2.10. The van der Waals surface area contributed by atoms with Crippen LogP contribution >= 0.6 is 0 Å². The lowest BCUT2D eigenvalue weighted by Crippen LogP contribution is -2.20. The van der Waals surface area contributed by atoms with Crippen molar-refractivity contribution in [2.24, 2.45) is 0 Å². The van der Waals surface area contributed by atoms with Gasteiger partial charge < -0.3 is 18.9 Å². The Morgan fingerprint density at radius 2 is 1.61 bits per heavy atom. The van der Waals surface area contributed by atoms with Gasteiger partial charge in [0.05, 0.1) is 0 Å². The SMILES string of the molecule is O=C(COc1ccc2ccccc2c1)OCC(=O)c1ccc2c(c1)OCCO2. The van der Waals surface area contributed by atoms with Gasteiger partial charge in [-0.1, -0.05) is 30.3 Å². The Kier molecular flexibility index (Phi) is 5.10. The van der Waals surface area contributed by atoms with Crippen molar-refractivity contribution in [2.75, 3.05) is 26.4 Å². The third-order valence-electron chi connectivity index (χ3n) is 4.31. The Bertz CT molecular complexity index is 1030. The van der Waals surface area contributed by atoms with Crippen LogP contribution in [0.4, 0.5) is 0 Å². The lowest BCUT2D eigenvalue weighted by Gasteiger charge is -2.18. The predicted molar refractivity (Wildman–Crippen MR) is 102 cm³/mol. The van der Waals surface area contributed by atoms with E-state index in [9.17, 15) is 9.59 Å². The zero-order valence-electron chi connectivity index (χ0n) is 15.1. The lowest BCUT2D eigenvalue weighted by atomic mass is 10.1. The van der Waals surface area contributed by atoms with Gasteiger partial charge in [-0.2, -0.15) is 0 Å². The molecule has 0 bridgehead atoms. The van der Waals surface area contributed by atoms with Crippen LogP contribution in [-0.4, -0.2) is 38.2 Å². The second kappa shape index (κ2) is 8.00. The van der Waals surface area contributed by atoms with Gasteiger partial charge in [-0.3, -0.25) is 4.79 Å². The minimum atomic E-state index is -0.612. The van der Waals surface area contributed by atoms with E-state index < -0.39 is 5.97 Å². The van der Waals surface area contributed by atoms with Gasteiger partial charge in [-0.05, 0) is 41.1 Å². The summed E-state index contributed by atoms with van der Waals surface area (Å²) >= 11 is 0. The molecular weight excluding hydrogens is 360 g/mol. The fourth-order valence-electron chi connectivity index (χ4n) is 2.89. The molecule has 0 atom stereocenters. The number of carbonyl (C=O) groups excluding carboxylic acids is 2. The van der Waals surface area contributed by atoms with Crippen LogP contribution in [0, 0.1) is 0 Å². The number of rotatable bonds is 6. The quantitative estimate of drug-likeness (QED) is 0.484. The van der Waals surface area contributed by atoms with Crippen LogP contribution in [0.5, 0.6) is 17.2 Å². The second-order valence-corrected chi connectivity index (χ2v) is 6.24. The summed E-state index contributed by atoms with van der Waals surface area (Å²) in [6, 6.07) is 18.3. The van der Waals surface area contributed by atoms with E-state index in [1.54, 1.807) is 24.3 Å². The maximum Gasteiger partial charge on any atom is 0.344 e. The van der Waals surface area contributed by atoms with Crippen LogP contribution in [0.15, 0.2) is 60.7 Å². The van der Waals surface area contributed by atoms with Crippen molar-refractivity contribution in [3.63, 3.8) is 0 Å². The number of hydrogen-bond acceptors (Lipinski definition) is 6. The van der Waals surface area contributed by atoms with E-state index in [1.807, 2.05) is 36.4 Å². The first kappa shape index (κ1) is 17.9. The minimum Gasteiger partial charge on any atom is -0.486 e. The van der Waals surface area contributed by atoms with E-state index in [4.69, 9.17) is 18.9 Å². The van der Waals surface area contributed by atoms with Crippen molar-refractivity contribution in [3.8, 4) is 17.2 Å². The molecule has 0 fully saturated rings. The van der Waals surface area contributed by atoms with E-state index in [1.165, 1.54) is 0 Å². The average molecular weight is 378 g/mol. The smallest absolute Gasteiger partial charge is 0.344 e. The van der Waals surface area contributed by atoms with Crippen LogP contribution in [0.25, 0.3) is 10.8 Å². The first-order valence-corrected chi connectivity index (χ1v) is 8.89. The van der Waals surface area contributed by atoms with Crippen molar-refractivity contribution in [2.45, 2.75) is 0 Å². The van der Waals surface area contributed by atoms with Gasteiger partial charge in [-0.15, -0.1) is 0 Å². The highest BCUT2D eigenvalue weighted by Gasteiger charge is 2.16. The molecule has 6 heteroatoms. The molecule has 0 aromatic heterocycles. The number of esters is 1. The minimum absolute atomic E-state index is 0.271. The molecule has 3 aromatic rings. The van der Waals surface area contributed by atoms with E-state index >= 15 is 0 Å². The van der Waals surface area contributed by atoms with Gasteiger partial charge in [0.1, 0.15) is 19.0 Å². The molecular formula is C22H18O6. The number of hydrogen-bond donors (Lipinski definition) is 0. The number of ether oxygens (including phenoxy) is 4. The van der Waals surface area contributed by atoms with Crippen molar-refractivity contribution in [1.29, 1.82) is 0 Å². The molecule has 3 aromatic carbocycles. The highest BCUT2D eigenvalue weighted by molar-refractivity contribution is 5.98. The maximum absolute atomic E-state index is 12.2. The molecule has 0 radical (unpaired) electrons. The molecule has 0 aliphatic carbocycles. The first-order chi connectivity index (χ1) is 13.7. The summed E-state index contributed by atoms with van der Waals surface area (Å²) in [6.07, 6.45) is 0. The lowest BCUT2D eigenvalue weighted by molar-refractivity contribution is -0.144. The normalized spacial score (nSPS) is 12.4. The van der Waals surface area contributed by atoms with Crippen molar-refractivity contribution < 1.29 is 28.5 Å². The Morgan fingerprint density at radius 3 is 2.46 bits per heavy atom. The van der Waals surface area contributed by atoms with E-state index in [-0.39, 0.29) is 19.0 Å². The third kappa shape index (κ3) is 4.06. The van der Waals surface area contributed by atoms with E-state index in [2.05, 4.69) is 0 Å². The molecule has 0 amide bonds. The van der Waals surface area contributed by atoms with Gasteiger partial charge in [0.15, 0.2) is 30.5 Å². The molecule has 4 rings (SSSR count). The van der Waals surface area contributed by atoms with E-state index in [0.717, 1.165) is 10.8 Å². The third-order valence-corrected chi connectivity index (χ3v) is 4.31. The Morgan fingerprint density at radius 1 is 0.821 bits per heavy atom. The van der Waals surface area contributed by atoms with Gasteiger partial charge in [0.25, 0.3) is 0 Å². The Balaban J connectivity index is 1.29. The zero-order chi connectivity index (χ0) is 19.3. The van der Waals surface area contributed by atoms with Crippen LogP contribution in [-0.2, 0) is 9.53 Å². The average Bonchev–Trinajstić information content (AvgIpc) is 2.75. The molecule has 1 aliphatic rings. The van der Waals surface area contributed by atoms with Crippen LogP contribution < -0.4 is 14.2 Å². The highest BCUT2D eigenvalue weighted by Crippen LogP contribution is 2.30. The van der Waals surface area contributed by atoms with Crippen LogP contribution in [0.1, 0.15) is 10.4 Å². The zero-order valence-corrected chi connectivity index (χ0v) is 15.1. The number of ketones is 1. The van der Waals surface area contributed by atoms with Gasteiger partial charge in [0, 0.05) is 5.56 Å². The number of benzene rings is 3. The van der Waals surface area contributed by atoms with Gasteiger partial charge in [-0.25, -0.2) is 4.79 Å². The number of carbonyl (C=O) groups is 2. The fraction of sp³-hybridized carbons (Fsp3) is 0.182. The van der Waals surface area contributed by atoms with Gasteiger partial charge in [0.2, 0.25) is 0 Å². The highest BCUT2D eigenvalue weighted by atomic mass is 16.6. The molecule has 0 saturated heterocycles. The molecule has 0 unspecified atom stereocenters. The molecule has 1 heterocycles. The topological polar surface area (TPSA) is 71.1 Å². The molecule has 28 heavy (non-hydrogen) atoms.